The maximum atomic E-state index is 12.4. The first kappa shape index (κ1) is 13.4. The molecule has 0 radical (unpaired) electrons. The predicted octanol–water partition coefficient (Wildman–Crippen LogP) is 1.28. The Balaban J connectivity index is 2.23. The minimum absolute atomic E-state index is 0.281. The van der Waals surface area contributed by atoms with Gasteiger partial charge in [-0.3, -0.25) is 0 Å². The third-order valence-electron chi connectivity index (χ3n) is 3.37. The predicted molar refractivity (Wildman–Crippen MR) is 73.8 cm³/mol. The highest BCUT2D eigenvalue weighted by Gasteiger charge is 2.28. The van der Waals surface area contributed by atoms with E-state index in [1.165, 1.54) is 0 Å². The lowest BCUT2D eigenvalue weighted by atomic mass is 10.2. The lowest BCUT2D eigenvalue weighted by Crippen LogP contribution is -2.38. The molecule has 1 atom stereocenters. The van der Waals surface area contributed by atoms with Gasteiger partial charge in [-0.15, -0.1) is 0 Å². The van der Waals surface area contributed by atoms with Crippen LogP contribution in [0.1, 0.15) is 12.8 Å². The minimum atomic E-state index is -3.19. The van der Waals surface area contributed by atoms with E-state index in [1.807, 2.05) is 31.1 Å². The first-order chi connectivity index (χ1) is 8.51. The van der Waals surface area contributed by atoms with Gasteiger partial charge in [-0.05, 0) is 43.7 Å². The van der Waals surface area contributed by atoms with E-state index in [2.05, 4.69) is 5.32 Å². The Bertz CT molecular complexity index is 488. The lowest BCUT2D eigenvalue weighted by molar-refractivity contribution is 0.497. The van der Waals surface area contributed by atoms with Gasteiger partial charge in [0.15, 0.2) is 9.84 Å². The van der Waals surface area contributed by atoms with Crippen LogP contribution in [0.3, 0.4) is 0 Å². The molecule has 0 spiro atoms. The van der Waals surface area contributed by atoms with E-state index in [0.717, 1.165) is 25.1 Å². The fourth-order valence-electron chi connectivity index (χ4n) is 2.21. The highest BCUT2D eigenvalue weighted by molar-refractivity contribution is 7.92. The summed E-state index contributed by atoms with van der Waals surface area (Å²) < 4.78 is 24.8. The van der Waals surface area contributed by atoms with Crippen molar-refractivity contribution in [1.29, 1.82) is 0 Å². The number of hydrogen-bond acceptors (Lipinski definition) is 4. The summed E-state index contributed by atoms with van der Waals surface area (Å²) >= 11 is 0. The van der Waals surface area contributed by atoms with E-state index in [0.29, 0.717) is 11.4 Å². The second-order valence-corrected chi connectivity index (χ2v) is 7.13. The Labute approximate surface area is 109 Å². The van der Waals surface area contributed by atoms with E-state index in [4.69, 9.17) is 0 Å². The van der Waals surface area contributed by atoms with Crippen molar-refractivity contribution in [1.82, 2.24) is 5.32 Å². The molecule has 1 aliphatic heterocycles. The van der Waals surface area contributed by atoms with Gasteiger partial charge in [0.25, 0.3) is 0 Å². The number of hydrogen-bond donors (Lipinski definition) is 1. The maximum absolute atomic E-state index is 12.4. The summed E-state index contributed by atoms with van der Waals surface area (Å²) in [6.07, 6.45) is 1.68. The molecule has 0 aromatic heterocycles. The van der Waals surface area contributed by atoms with Gasteiger partial charge in [0, 0.05) is 26.3 Å². The monoisotopic (exact) mass is 268 g/mol. The van der Waals surface area contributed by atoms with E-state index in [-0.39, 0.29) is 5.25 Å². The molecule has 1 aromatic carbocycles. The SMILES string of the molecule is CN(C)c1ccc(S(=O)(=O)C2CCCNC2)cc1. The molecule has 0 aliphatic carbocycles. The molecule has 0 bridgehead atoms. The zero-order chi connectivity index (χ0) is 13.2. The third-order valence-corrected chi connectivity index (χ3v) is 5.58. The Morgan fingerprint density at radius 3 is 2.39 bits per heavy atom. The standard InChI is InChI=1S/C13H20N2O2S/c1-15(2)11-5-7-12(8-6-11)18(16,17)13-4-3-9-14-10-13/h5-8,13-14H,3-4,9-10H2,1-2H3. The van der Waals surface area contributed by atoms with Crippen LogP contribution in [0.15, 0.2) is 29.2 Å². The van der Waals surface area contributed by atoms with Gasteiger partial charge in [0.1, 0.15) is 0 Å². The van der Waals surface area contributed by atoms with Crippen LogP contribution in [0.2, 0.25) is 0 Å². The largest absolute Gasteiger partial charge is 0.378 e. The minimum Gasteiger partial charge on any atom is -0.378 e. The smallest absolute Gasteiger partial charge is 0.182 e. The molecule has 0 saturated carbocycles. The molecular weight excluding hydrogens is 248 g/mol. The van der Waals surface area contributed by atoms with Crippen molar-refractivity contribution in [3.05, 3.63) is 24.3 Å². The number of piperidine rings is 1. The van der Waals surface area contributed by atoms with Gasteiger partial charge in [-0.25, -0.2) is 8.42 Å². The maximum Gasteiger partial charge on any atom is 0.182 e. The Hall–Kier alpha value is -1.07. The molecule has 1 aliphatic rings. The molecule has 1 unspecified atom stereocenters. The van der Waals surface area contributed by atoms with Gasteiger partial charge in [0.05, 0.1) is 10.1 Å². The lowest BCUT2D eigenvalue weighted by Gasteiger charge is -2.23. The van der Waals surface area contributed by atoms with Gasteiger partial charge in [-0.2, -0.15) is 0 Å². The number of nitrogens with one attached hydrogen (secondary N) is 1. The van der Waals surface area contributed by atoms with Crippen LogP contribution >= 0.6 is 0 Å². The number of rotatable bonds is 3. The summed E-state index contributed by atoms with van der Waals surface area (Å²) in [5, 5.41) is 2.87. The van der Waals surface area contributed by atoms with Crippen LogP contribution < -0.4 is 10.2 Å². The van der Waals surface area contributed by atoms with Crippen LogP contribution in [0.25, 0.3) is 0 Å². The second-order valence-electron chi connectivity index (χ2n) is 4.90. The van der Waals surface area contributed by atoms with Crippen LogP contribution in [-0.2, 0) is 9.84 Å². The summed E-state index contributed by atoms with van der Waals surface area (Å²) in [4.78, 5) is 2.39. The molecule has 5 heteroatoms. The van der Waals surface area contributed by atoms with Crippen molar-refractivity contribution >= 4 is 15.5 Å². The summed E-state index contributed by atoms with van der Waals surface area (Å²) in [6, 6.07) is 7.12. The van der Waals surface area contributed by atoms with Crippen LogP contribution in [-0.4, -0.2) is 40.9 Å². The van der Waals surface area contributed by atoms with Crippen molar-refractivity contribution in [2.45, 2.75) is 23.0 Å². The molecule has 2 rings (SSSR count). The van der Waals surface area contributed by atoms with Crippen LogP contribution in [0.4, 0.5) is 5.69 Å². The average Bonchev–Trinajstić information content (AvgIpc) is 2.40. The molecular formula is C13H20N2O2S. The quantitative estimate of drug-likeness (QED) is 0.897. The van der Waals surface area contributed by atoms with Crippen LogP contribution in [0.5, 0.6) is 0 Å². The molecule has 4 nitrogen and oxygen atoms in total. The van der Waals surface area contributed by atoms with E-state index >= 15 is 0 Å². The summed E-state index contributed by atoms with van der Waals surface area (Å²) in [5.41, 5.74) is 1.01. The zero-order valence-electron chi connectivity index (χ0n) is 10.9. The summed E-state index contributed by atoms with van der Waals surface area (Å²) in [7, 11) is 0.693. The van der Waals surface area contributed by atoms with Crippen molar-refractivity contribution in [2.75, 3.05) is 32.1 Å². The van der Waals surface area contributed by atoms with Gasteiger partial charge in [-0.1, -0.05) is 0 Å². The molecule has 18 heavy (non-hydrogen) atoms. The van der Waals surface area contributed by atoms with E-state index < -0.39 is 9.84 Å². The van der Waals surface area contributed by atoms with E-state index in [9.17, 15) is 8.42 Å². The van der Waals surface area contributed by atoms with Crippen molar-refractivity contribution in [2.24, 2.45) is 0 Å². The van der Waals surface area contributed by atoms with Crippen molar-refractivity contribution < 1.29 is 8.42 Å². The molecule has 1 heterocycles. The van der Waals surface area contributed by atoms with E-state index in [1.54, 1.807) is 12.1 Å². The molecule has 1 aromatic rings. The highest BCUT2D eigenvalue weighted by Crippen LogP contribution is 2.23. The number of anilines is 1. The average molecular weight is 268 g/mol. The third kappa shape index (κ3) is 2.67. The van der Waals surface area contributed by atoms with Gasteiger partial charge >= 0.3 is 0 Å². The van der Waals surface area contributed by atoms with Gasteiger partial charge in [0.2, 0.25) is 0 Å². The molecule has 1 N–H and O–H groups in total. The Morgan fingerprint density at radius 1 is 1.22 bits per heavy atom. The zero-order valence-corrected chi connectivity index (χ0v) is 11.7. The molecule has 100 valence electrons. The second kappa shape index (κ2) is 5.28. The topological polar surface area (TPSA) is 49.4 Å². The van der Waals surface area contributed by atoms with Crippen molar-refractivity contribution in [3.63, 3.8) is 0 Å². The van der Waals surface area contributed by atoms with Gasteiger partial charge < -0.3 is 10.2 Å². The highest BCUT2D eigenvalue weighted by atomic mass is 32.2. The first-order valence-electron chi connectivity index (χ1n) is 6.24. The number of nitrogens with zero attached hydrogens (tertiary/aromatic N) is 1. The Morgan fingerprint density at radius 2 is 1.89 bits per heavy atom. The Kier molecular flexibility index (Phi) is 3.92. The fourth-order valence-corrected chi connectivity index (χ4v) is 3.93. The molecule has 1 fully saturated rings. The number of sulfone groups is 1. The molecule has 1 saturated heterocycles. The summed E-state index contributed by atoms with van der Waals surface area (Å²) in [5.74, 6) is 0. The normalized spacial score (nSPS) is 20.7. The van der Waals surface area contributed by atoms with Crippen LogP contribution in [0, 0.1) is 0 Å². The molecule has 0 amide bonds. The number of benzene rings is 1. The van der Waals surface area contributed by atoms with Crippen molar-refractivity contribution in [3.8, 4) is 0 Å². The fraction of sp³-hybridized carbons (Fsp3) is 0.538. The summed E-state index contributed by atoms with van der Waals surface area (Å²) in [6.45, 7) is 1.49. The first-order valence-corrected chi connectivity index (χ1v) is 7.78.